The minimum atomic E-state index is -0.252. The maximum Gasteiger partial charge on any atom is 0.270 e. The van der Waals surface area contributed by atoms with Crippen LogP contribution in [0.1, 0.15) is 34.7 Å². The number of aryl methyl sites for hydroxylation is 1. The molecule has 0 bridgehead atoms. The Bertz CT molecular complexity index is 671. The molecule has 0 aliphatic heterocycles. The van der Waals surface area contributed by atoms with Crippen LogP contribution in [0.25, 0.3) is 0 Å². The molecular weight excluding hydrogens is 292 g/mol. The van der Waals surface area contributed by atoms with Crippen LogP contribution in [-0.4, -0.2) is 38.1 Å². The number of amides is 1. The molecule has 23 heavy (non-hydrogen) atoms. The number of nitrogens with zero attached hydrogens (tertiary/aromatic N) is 3. The van der Waals surface area contributed by atoms with Crippen LogP contribution >= 0.6 is 0 Å². The molecule has 2 heterocycles. The highest BCUT2D eigenvalue weighted by Gasteiger charge is 2.35. The number of carbonyl (C=O) groups is 1. The van der Waals surface area contributed by atoms with Crippen LogP contribution in [0.5, 0.6) is 0 Å². The summed E-state index contributed by atoms with van der Waals surface area (Å²) < 4.78 is 0. The number of aliphatic hydroxyl groups is 1. The van der Waals surface area contributed by atoms with Gasteiger partial charge in [0.15, 0.2) is 0 Å². The van der Waals surface area contributed by atoms with E-state index in [1.54, 1.807) is 31.6 Å². The van der Waals surface area contributed by atoms with E-state index in [2.05, 4.69) is 20.3 Å². The average Bonchev–Trinajstić information content (AvgIpc) is 2.52. The zero-order chi connectivity index (χ0) is 16.2. The minimum Gasteiger partial charge on any atom is -0.393 e. The van der Waals surface area contributed by atoms with Crippen molar-refractivity contribution in [3.63, 3.8) is 0 Å². The van der Waals surface area contributed by atoms with Crippen molar-refractivity contribution in [2.45, 2.75) is 38.3 Å². The summed E-state index contributed by atoms with van der Waals surface area (Å²) in [5.74, 6) is 0.656. The summed E-state index contributed by atoms with van der Waals surface area (Å²) in [5, 5.41) is 12.6. The lowest BCUT2D eigenvalue weighted by Crippen LogP contribution is -2.48. The lowest BCUT2D eigenvalue weighted by molar-refractivity contribution is 0.0238. The van der Waals surface area contributed by atoms with Gasteiger partial charge in [0, 0.05) is 24.6 Å². The van der Waals surface area contributed by atoms with Crippen molar-refractivity contribution >= 4 is 5.91 Å². The number of carbonyl (C=O) groups excluding carboxylic acids is 1. The van der Waals surface area contributed by atoms with Crippen LogP contribution in [0.4, 0.5) is 0 Å². The third kappa shape index (κ3) is 3.90. The summed E-state index contributed by atoms with van der Waals surface area (Å²) in [4.78, 5) is 24.6. The molecule has 1 saturated carbocycles. The Hall–Kier alpha value is -2.34. The lowest BCUT2D eigenvalue weighted by Gasteiger charge is -2.38. The van der Waals surface area contributed by atoms with E-state index in [-0.39, 0.29) is 24.0 Å². The van der Waals surface area contributed by atoms with E-state index in [0.717, 1.165) is 24.8 Å². The van der Waals surface area contributed by atoms with Gasteiger partial charge in [-0.2, -0.15) is 0 Å². The number of pyridine rings is 1. The normalized spacial score (nSPS) is 21.3. The van der Waals surface area contributed by atoms with Crippen LogP contribution in [0.2, 0.25) is 0 Å². The molecule has 0 spiro atoms. The Morgan fingerprint density at radius 3 is 2.70 bits per heavy atom. The van der Waals surface area contributed by atoms with Gasteiger partial charge in [-0.3, -0.25) is 9.78 Å². The third-order valence-electron chi connectivity index (χ3n) is 4.25. The summed E-state index contributed by atoms with van der Waals surface area (Å²) in [5.41, 5.74) is 1.49. The molecule has 2 aromatic rings. The zero-order valence-electron chi connectivity index (χ0n) is 13.0. The largest absolute Gasteiger partial charge is 0.393 e. The third-order valence-corrected chi connectivity index (χ3v) is 4.25. The standard InChI is InChI=1S/C17H20N4O2/c1-11-19-7-4-15(20-11)17(23)21-16(13-9-14(22)10-13)8-12-2-5-18-6-3-12/h2-7,13-14,16,22H,8-10H2,1H3,(H,21,23)/t13?,14?,16-/m0/s1. The van der Waals surface area contributed by atoms with Crippen LogP contribution in [0, 0.1) is 12.8 Å². The summed E-state index contributed by atoms with van der Waals surface area (Å²) in [6.07, 6.45) is 6.99. The summed E-state index contributed by atoms with van der Waals surface area (Å²) in [6, 6.07) is 5.48. The van der Waals surface area contributed by atoms with Gasteiger partial charge < -0.3 is 10.4 Å². The number of hydrogen-bond acceptors (Lipinski definition) is 5. The van der Waals surface area contributed by atoms with Gasteiger partial charge >= 0.3 is 0 Å². The second-order valence-electron chi connectivity index (χ2n) is 6.01. The van der Waals surface area contributed by atoms with E-state index in [4.69, 9.17) is 0 Å². The van der Waals surface area contributed by atoms with E-state index < -0.39 is 0 Å². The smallest absolute Gasteiger partial charge is 0.270 e. The maximum absolute atomic E-state index is 12.4. The number of rotatable bonds is 5. The second kappa shape index (κ2) is 6.83. The molecule has 0 radical (unpaired) electrons. The van der Waals surface area contributed by atoms with Gasteiger partial charge in [-0.05, 0) is 55.9 Å². The topological polar surface area (TPSA) is 88.0 Å². The van der Waals surface area contributed by atoms with Crippen molar-refractivity contribution in [1.29, 1.82) is 0 Å². The molecule has 3 rings (SSSR count). The molecular formula is C17H20N4O2. The fourth-order valence-corrected chi connectivity index (χ4v) is 2.89. The van der Waals surface area contributed by atoms with Crippen molar-refractivity contribution in [3.05, 3.63) is 53.9 Å². The highest BCUT2D eigenvalue weighted by atomic mass is 16.3. The van der Waals surface area contributed by atoms with E-state index in [1.165, 1.54) is 0 Å². The molecule has 1 fully saturated rings. The van der Waals surface area contributed by atoms with Crippen molar-refractivity contribution in [2.24, 2.45) is 5.92 Å². The van der Waals surface area contributed by atoms with E-state index in [0.29, 0.717) is 11.5 Å². The lowest BCUT2D eigenvalue weighted by atomic mass is 9.75. The number of hydrogen-bond donors (Lipinski definition) is 2. The van der Waals surface area contributed by atoms with E-state index in [9.17, 15) is 9.90 Å². The Labute approximate surface area is 135 Å². The zero-order valence-corrected chi connectivity index (χ0v) is 13.0. The molecule has 1 atom stereocenters. The molecule has 6 nitrogen and oxygen atoms in total. The second-order valence-corrected chi connectivity index (χ2v) is 6.01. The van der Waals surface area contributed by atoms with Gasteiger partial charge in [0.1, 0.15) is 11.5 Å². The van der Waals surface area contributed by atoms with Gasteiger partial charge in [0.05, 0.1) is 6.10 Å². The average molecular weight is 312 g/mol. The quantitative estimate of drug-likeness (QED) is 0.868. The van der Waals surface area contributed by atoms with Crippen molar-refractivity contribution in [1.82, 2.24) is 20.3 Å². The maximum atomic E-state index is 12.4. The number of nitrogens with one attached hydrogen (secondary N) is 1. The van der Waals surface area contributed by atoms with Gasteiger partial charge in [-0.25, -0.2) is 9.97 Å². The first kappa shape index (κ1) is 15.6. The van der Waals surface area contributed by atoms with Crippen LogP contribution in [0.15, 0.2) is 36.8 Å². The Morgan fingerprint density at radius 1 is 1.30 bits per heavy atom. The molecule has 120 valence electrons. The predicted octanol–water partition coefficient (Wildman–Crippen LogP) is 1.29. The van der Waals surface area contributed by atoms with Gasteiger partial charge in [0.25, 0.3) is 5.91 Å². The number of aromatic nitrogens is 3. The highest BCUT2D eigenvalue weighted by Crippen LogP contribution is 2.31. The fourth-order valence-electron chi connectivity index (χ4n) is 2.89. The Kier molecular flexibility index (Phi) is 4.62. The van der Waals surface area contributed by atoms with Crippen molar-refractivity contribution in [3.8, 4) is 0 Å². The summed E-state index contributed by atoms with van der Waals surface area (Å²) in [7, 11) is 0. The minimum absolute atomic E-state index is 0.0245. The molecule has 1 amide bonds. The Balaban J connectivity index is 1.72. The molecule has 6 heteroatoms. The molecule has 0 unspecified atom stereocenters. The number of aliphatic hydroxyl groups excluding tert-OH is 1. The van der Waals surface area contributed by atoms with E-state index >= 15 is 0 Å². The van der Waals surface area contributed by atoms with E-state index in [1.807, 2.05) is 12.1 Å². The summed E-state index contributed by atoms with van der Waals surface area (Å²) >= 11 is 0. The molecule has 2 aromatic heterocycles. The van der Waals surface area contributed by atoms with Gasteiger partial charge in [0.2, 0.25) is 0 Å². The van der Waals surface area contributed by atoms with Crippen molar-refractivity contribution < 1.29 is 9.90 Å². The SMILES string of the molecule is Cc1nccc(C(=O)N[C@@H](Cc2ccncc2)C2CC(O)C2)n1. The van der Waals surface area contributed by atoms with Gasteiger partial charge in [-0.1, -0.05) is 0 Å². The first-order valence-corrected chi connectivity index (χ1v) is 7.79. The predicted molar refractivity (Wildman–Crippen MR) is 84.7 cm³/mol. The van der Waals surface area contributed by atoms with Crippen molar-refractivity contribution in [2.75, 3.05) is 0 Å². The molecule has 1 aliphatic rings. The Morgan fingerprint density at radius 2 is 2.04 bits per heavy atom. The van der Waals surface area contributed by atoms with Crippen LogP contribution < -0.4 is 5.32 Å². The monoisotopic (exact) mass is 312 g/mol. The fraction of sp³-hybridized carbons (Fsp3) is 0.412. The van der Waals surface area contributed by atoms with Crippen LogP contribution in [0.3, 0.4) is 0 Å². The molecule has 0 aromatic carbocycles. The molecule has 1 aliphatic carbocycles. The first-order chi connectivity index (χ1) is 11.1. The molecule has 0 saturated heterocycles. The molecule has 2 N–H and O–H groups in total. The first-order valence-electron chi connectivity index (χ1n) is 7.79. The van der Waals surface area contributed by atoms with Crippen LogP contribution in [-0.2, 0) is 6.42 Å². The summed E-state index contributed by atoms with van der Waals surface area (Å²) in [6.45, 7) is 1.76. The van der Waals surface area contributed by atoms with Gasteiger partial charge in [-0.15, -0.1) is 0 Å². The highest BCUT2D eigenvalue weighted by molar-refractivity contribution is 5.92.